The first kappa shape index (κ1) is 12.0. The lowest BCUT2D eigenvalue weighted by molar-refractivity contribution is 0.907. The first-order valence-electron chi connectivity index (χ1n) is 4.96. The summed E-state index contributed by atoms with van der Waals surface area (Å²) in [6.07, 6.45) is 0.991. The van der Waals surface area contributed by atoms with Gasteiger partial charge in [-0.3, -0.25) is 4.99 Å². The van der Waals surface area contributed by atoms with Crippen LogP contribution < -0.4 is 11.3 Å². The largest absolute Gasteiger partial charge is 0.308 e. The molecular formula is C11H16ClN3. The van der Waals surface area contributed by atoms with Gasteiger partial charge in [0.15, 0.2) is 0 Å². The molecule has 0 saturated heterocycles. The SMILES string of the molecule is CCCN=C(NN)c1cc(C)cc(Cl)c1. The summed E-state index contributed by atoms with van der Waals surface area (Å²) in [4.78, 5) is 4.34. The molecule has 0 unspecified atom stereocenters. The third kappa shape index (κ3) is 3.53. The van der Waals surface area contributed by atoms with Gasteiger partial charge in [-0.25, -0.2) is 5.84 Å². The van der Waals surface area contributed by atoms with E-state index in [-0.39, 0.29) is 0 Å². The number of hydrazine groups is 1. The van der Waals surface area contributed by atoms with Crippen molar-refractivity contribution in [2.75, 3.05) is 6.54 Å². The van der Waals surface area contributed by atoms with E-state index in [2.05, 4.69) is 17.3 Å². The van der Waals surface area contributed by atoms with Gasteiger partial charge in [0.25, 0.3) is 0 Å². The van der Waals surface area contributed by atoms with Gasteiger partial charge in [-0.1, -0.05) is 18.5 Å². The van der Waals surface area contributed by atoms with E-state index in [4.69, 9.17) is 17.4 Å². The molecule has 0 amide bonds. The fraction of sp³-hybridized carbons (Fsp3) is 0.364. The Labute approximate surface area is 95.3 Å². The number of nitrogens with two attached hydrogens (primary N) is 1. The van der Waals surface area contributed by atoms with E-state index in [0.717, 1.165) is 24.1 Å². The molecule has 0 bridgehead atoms. The van der Waals surface area contributed by atoms with Gasteiger partial charge in [0, 0.05) is 17.1 Å². The minimum absolute atomic E-state index is 0.683. The molecule has 0 aromatic heterocycles. The quantitative estimate of drug-likeness (QED) is 0.359. The molecule has 0 aliphatic heterocycles. The molecule has 3 N–H and O–H groups in total. The maximum atomic E-state index is 5.96. The first-order chi connectivity index (χ1) is 7.17. The third-order valence-corrected chi connectivity index (χ3v) is 2.16. The summed E-state index contributed by atoms with van der Waals surface area (Å²) < 4.78 is 0. The Morgan fingerprint density at radius 1 is 1.47 bits per heavy atom. The minimum Gasteiger partial charge on any atom is -0.308 e. The molecule has 0 atom stereocenters. The molecule has 1 rings (SSSR count). The molecule has 0 spiro atoms. The second kappa shape index (κ2) is 5.73. The predicted molar refractivity (Wildman–Crippen MR) is 65.2 cm³/mol. The van der Waals surface area contributed by atoms with Gasteiger partial charge in [-0.05, 0) is 37.1 Å². The van der Waals surface area contributed by atoms with E-state index in [1.165, 1.54) is 0 Å². The van der Waals surface area contributed by atoms with Crippen LogP contribution in [0.25, 0.3) is 0 Å². The number of aliphatic imine (C=N–C) groups is 1. The minimum atomic E-state index is 0.683. The van der Waals surface area contributed by atoms with E-state index in [1.807, 2.05) is 25.1 Å². The van der Waals surface area contributed by atoms with Crippen LogP contribution in [-0.2, 0) is 0 Å². The van der Waals surface area contributed by atoms with E-state index in [9.17, 15) is 0 Å². The lowest BCUT2D eigenvalue weighted by Crippen LogP contribution is -2.31. The van der Waals surface area contributed by atoms with Crippen LogP contribution in [0.15, 0.2) is 23.2 Å². The normalized spacial score (nSPS) is 11.6. The predicted octanol–water partition coefficient (Wildman–Crippen LogP) is 2.27. The van der Waals surface area contributed by atoms with Crippen LogP contribution in [0.3, 0.4) is 0 Å². The summed E-state index contributed by atoms with van der Waals surface area (Å²) in [5, 5.41) is 0.699. The van der Waals surface area contributed by atoms with Crippen LogP contribution in [0.2, 0.25) is 5.02 Å². The molecule has 0 radical (unpaired) electrons. The molecular weight excluding hydrogens is 210 g/mol. The summed E-state index contributed by atoms with van der Waals surface area (Å²) in [6.45, 7) is 4.81. The Kier molecular flexibility index (Phi) is 4.59. The lowest BCUT2D eigenvalue weighted by Gasteiger charge is -2.07. The third-order valence-electron chi connectivity index (χ3n) is 1.95. The Morgan fingerprint density at radius 3 is 2.73 bits per heavy atom. The Morgan fingerprint density at radius 2 is 2.20 bits per heavy atom. The van der Waals surface area contributed by atoms with Gasteiger partial charge < -0.3 is 5.43 Å². The molecule has 0 aliphatic carbocycles. The fourth-order valence-electron chi connectivity index (χ4n) is 1.32. The number of nitrogens with one attached hydrogen (secondary N) is 1. The van der Waals surface area contributed by atoms with Gasteiger partial charge in [0.05, 0.1) is 0 Å². The number of amidine groups is 1. The maximum absolute atomic E-state index is 5.96. The van der Waals surface area contributed by atoms with E-state index >= 15 is 0 Å². The molecule has 1 aromatic rings. The monoisotopic (exact) mass is 225 g/mol. The van der Waals surface area contributed by atoms with Gasteiger partial charge in [0.2, 0.25) is 0 Å². The number of benzene rings is 1. The van der Waals surface area contributed by atoms with Crippen molar-refractivity contribution < 1.29 is 0 Å². The van der Waals surface area contributed by atoms with Crippen LogP contribution in [0.1, 0.15) is 24.5 Å². The van der Waals surface area contributed by atoms with Crippen molar-refractivity contribution in [2.24, 2.45) is 10.8 Å². The molecule has 0 heterocycles. The van der Waals surface area contributed by atoms with E-state index in [1.54, 1.807) is 0 Å². The van der Waals surface area contributed by atoms with Crippen molar-refractivity contribution in [3.63, 3.8) is 0 Å². The van der Waals surface area contributed by atoms with Crippen molar-refractivity contribution in [1.82, 2.24) is 5.43 Å². The molecule has 4 heteroatoms. The van der Waals surface area contributed by atoms with Crippen molar-refractivity contribution in [3.8, 4) is 0 Å². The maximum Gasteiger partial charge on any atom is 0.142 e. The summed E-state index contributed by atoms with van der Waals surface area (Å²) in [5.41, 5.74) is 4.62. The summed E-state index contributed by atoms with van der Waals surface area (Å²) in [5.74, 6) is 6.10. The van der Waals surface area contributed by atoms with Gasteiger partial charge in [0.1, 0.15) is 5.84 Å². The Hall–Kier alpha value is -1.06. The standard InChI is InChI=1S/C11H16ClN3/c1-3-4-14-11(15-13)9-5-8(2)6-10(12)7-9/h5-7H,3-4,13H2,1-2H3,(H,14,15). The number of hydrogen-bond acceptors (Lipinski definition) is 2. The average molecular weight is 226 g/mol. The van der Waals surface area contributed by atoms with Crippen molar-refractivity contribution in [1.29, 1.82) is 0 Å². The highest BCUT2D eigenvalue weighted by Crippen LogP contribution is 2.14. The molecule has 0 saturated carbocycles. The van der Waals surface area contributed by atoms with Crippen molar-refractivity contribution >= 4 is 17.4 Å². The average Bonchev–Trinajstić information content (AvgIpc) is 2.17. The van der Waals surface area contributed by atoms with E-state index in [0.29, 0.717) is 10.9 Å². The van der Waals surface area contributed by atoms with Crippen LogP contribution >= 0.6 is 11.6 Å². The van der Waals surface area contributed by atoms with Gasteiger partial charge in [-0.15, -0.1) is 0 Å². The highest BCUT2D eigenvalue weighted by molar-refractivity contribution is 6.31. The van der Waals surface area contributed by atoms with Crippen LogP contribution in [-0.4, -0.2) is 12.4 Å². The summed E-state index contributed by atoms with van der Waals surface area (Å²) >= 11 is 5.96. The summed E-state index contributed by atoms with van der Waals surface area (Å²) in [6, 6.07) is 5.75. The van der Waals surface area contributed by atoms with Crippen LogP contribution in [0.5, 0.6) is 0 Å². The lowest BCUT2D eigenvalue weighted by atomic mass is 10.1. The van der Waals surface area contributed by atoms with Gasteiger partial charge in [-0.2, -0.15) is 0 Å². The second-order valence-corrected chi connectivity index (χ2v) is 3.83. The molecule has 3 nitrogen and oxygen atoms in total. The number of rotatable bonds is 3. The molecule has 82 valence electrons. The highest BCUT2D eigenvalue weighted by Gasteiger charge is 2.03. The molecule has 15 heavy (non-hydrogen) atoms. The second-order valence-electron chi connectivity index (χ2n) is 3.39. The smallest absolute Gasteiger partial charge is 0.142 e. The zero-order valence-electron chi connectivity index (χ0n) is 9.05. The highest BCUT2D eigenvalue weighted by atomic mass is 35.5. The first-order valence-corrected chi connectivity index (χ1v) is 5.33. The number of hydrogen-bond donors (Lipinski definition) is 2. The van der Waals surface area contributed by atoms with Crippen LogP contribution in [0.4, 0.5) is 0 Å². The Balaban J connectivity index is 3.01. The zero-order valence-corrected chi connectivity index (χ0v) is 9.80. The number of aryl methyl sites for hydroxylation is 1. The number of nitrogens with zero attached hydrogens (tertiary/aromatic N) is 1. The molecule has 1 aromatic carbocycles. The zero-order chi connectivity index (χ0) is 11.3. The van der Waals surface area contributed by atoms with Crippen molar-refractivity contribution in [3.05, 3.63) is 34.3 Å². The van der Waals surface area contributed by atoms with Gasteiger partial charge >= 0.3 is 0 Å². The van der Waals surface area contributed by atoms with E-state index < -0.39 is 0 Å². The summed E-state index contributed by atoms with van der Waals surface area (Å²) in [7, 11) is 0. The topological polar surface area (TPSA) is 50.4 Å². The Bertz CT molecular complexity index is 341. The molecule has 0 fully saturated rings. The molecule has 0 aliphatic rings. The number of halogens is 1. The van der Waals surface area contributed by atoms with Crippen LogP contribution in [0, 0.1) is 6.92 Å². The fourth-order valence-corrected chi connectivity index (χ4v) is 1.61. The van der Waals surface area contributed by atoms with Crippen molar-refractivity contribution in [2.45, 2.75) is 20.3 Å².